The molecule has 0 heterocycles. The molecular weight excluding hydrogens is 258 g/mol. The lowest BCUT2D eigenvalue weighted by atomic mass is 10.2. The van der Waals surface area contributed by atoms with E-state index in [2.05, 4.69) is 5.32 Å². The van der Waals surface area contributed by atoms with Crippen molar-refractivity contribution < 1.29 is 19.5 Å². The van der Waals surface area contributed by atoms with Gasteiger partial charge >= 0.3 is 5.97 Å². The Balaban J connectivity index is 4.25. The van der Waals surface area contributed by atoms with Crippen LogP contribution in [0.15, 0.2) is 0 Å². The van der Waals surface area contributed by atoms with Crippen molar-refractivity contribution in [3.8, 4) is 0 Å². The van der Waals surface area contributed by atoms with E-state index in [4.69, 9.17) is 10.8 Å². The van der Waals surface area contributed by atoms with Crippen LogP contribution >= 0.6 is 11.8 Å². The highest BCUT2D eigenvalue weighted by atomic mass is 32.2. The normalized spacial score (nSPS) is 11.7. The van der Waals surface area contributed by atoms with Gasteiger partial charge in [-0.25, -0.2) is 4.79 Å². The third-order valence-electron chi connectivity index (χ3n) is 2.23. The summed E-state index contributed by atoms with van der Waals surface area (Å²) in [6, 6.07) is -0.925. The zero-order chi connectivity index (χ0) is 14.1. The van der Waals surface area contributed by atoms with Crippen LogP contribution in [0.2, 0.25) is 0 Å². The first-order valence-corrected chi connectivity index (χ1v) is 6.76. The number of amides is 2. The van der Waals surface area contributed by atoms with Crippen LogP contribution in [-0.4, -0.2) is 66.0 Å². The van der Waals surface area contributed by atoms with Crippen molar-refractivity contribution in [1.82, 2.24) is 10.2 Å². The Morgan fingerprint density at radius 1 is 1.44 bits per heavy atom. The van der Waals surface area contributed by atoms with E-state index < -0.39 is 17.9 Å². The summed E-state index contributed by atoms with van der Waals surface area (Å²) < 4.78 is 0. The van der Waals surface area contributed by atoms with E-state index in [1.165, 1.54) is 18.8 Å². The van der Waals surface area contributed by atoms with E-state index in [1.807, 2.05) is 6.26 Å². The van der Waals surface area contributed by atoms with Gasteiger partial charge in [0.1, 0.15) is 6.04 Å². The monoisotopic (exact) mass is 277 g/mol. The van der Waals surface area contributed by atoms with Gasteiger partial charge in [-0.1, -0.05) is 0 Å². The van der Waals surface area contributed by atoms with Crippen LogP contribution in [0.1, 0.15) is 6.42 Å². The first-order chi connectivity index (χ1) is 8.42. The first-order valence-electron chi connectivity index (χ1n) is 5.37. The smallest absolute Gasteiger partial charge is 0.326 e. The maximum Gasteiger partial charge on any atom is 0.326 e. The third-order valence-corrected chi connectivity index (χ3v) is 2.87. The molecule has 18 heavy (non-hydrogen) atoms. The molecule has 1 atom stereocenters. The molecule has 0 aliphatic rings. The zero-order valence-electron chi connectivity index (χ0n) is 10.5. The Morgan fingerprint density at radius 3 is 2.50 bits per heavy atom. The average molecular weight is 277 g/mol. The van der Waals surface area contributed by atoms with Gasteiger partial charge in [0.2, 0.25) is 11.8 Å². The number of carbonyl (C=O) groups is 3. The SMILES string of the molecule is CSCC[C@H](NC(=O)CN(C)C(=O)CN)C(=O)O. The van der Waals surface area contributed by atoms with E-state index in [1.54, 1.807) is 0 Å². The van der Waals surface area contributed by atoms with E-state index in [9.17, 15) is 14.4 Å². The molecule has 0 saturated heterocycles. The maximum atomic E-state index is 11.5. The maximum absolute atomic E-state index is 11.5. The number of thioether (sulfide) groups is 1. The number of hydrogen-bond donors (Lipinski definition) is 3. The van der Waals surface area contributed by atoms with Crippen molar-refractivity contribution in [2.75, 3.05) is 32.1 Å². The summed E-state index contributed by atoms with van der Waals surface area (Å²) >= 11 is 1.50. The predicted octanol–water partition coefficient (Wildman–Crippen LogP) is -1.27. The largest absolute Gasteiger partial charge is 0.480 e. The second kappa shape index (κ2) is 8.76. The molecule has 0 aromatic heterocycles. The van der Waals surface area contributed by atoms with Crippen LogP contribution in [0.25, 0.3) is 0 Å². The molecule has 0 rings (SSSR count). The molecule has 0 radical (unpaired) electrons. The standard InChI is InChI=1S/C10H19N3O4S/c1-13(9(15)5-11)6-8(14)12-7(10(16)17)3-4-18-2/h7H,3-6,11H2,1-2H3,(H,12,14)(H,16,17)/t7-/m0/s1. The predicted molar refractivity (Wildman–Crippen MR) is 69.3 cm³/mol. The van der Waals surface area contributed by atoms with E-state index in [0.29, 0.717) is 12.2 Å². The van der Waals surface area contributed by atoms with Gasteiger partial charge in [-0.05, 0) is 18.4 Å². The van der Waals surface area contributed by atoms with Gasteiger partial charge in [0.05, 0.1) is 13.1 Å². The first kappa shape index (κ1) is 16.7. The summed E-state index contributed by atoms with van der Waals surface area (Å²) in [5.41, 5.74) is 5.14. The molecule has 4 N–H and O–H groups in total. The summed E-state index contributed by atoms with van der Waals surface area (Å²) in [6.07, 6.45) is 2.20. The van der Waals surface area contributed by atoms with E-state index in [-0.39, 0.29) is 19.0 Å². The molecule has 0 spiro atoms. The minimum atomic E-state index is -1.08. The van der Waals surface area contributed by atoms with Crippen molar-refractivity contribution in [3.63, 3.8) is 0 Å². The number of nitrogens with zero attached hydrogens (tertiary/aromatic N) is 1. The molecule has 0 saturated carbocycles. The van der Waals surface area contributed by atoms with Gasteiger partial charge < -0.3 is 21.1 Å². The number of carboxylic acid groups (broad SMARTS) is 1. The van der Waals surface area contributed by atoms with Crippen LogP contribution in [0.4, 0.5) is 0 Å². The van der Waals surface area contributed by atoms with Gasteiger partial charge in [-0.15, -0.1) is 0 Å². The van der Waals surface area contributed by atoms with Gasteiger partial charge in [-0.3, -0.25) is 9.59 Å². The van der Waals surface area contributed by atoms with Crippen LogP contribution < -0.4 is 11.1 Å². The van der Waals surface area contributed by atoms with E-state index >= 15 is 0 Å². The second-order valence-electron chi connectivity index (χ2n) is 3.69. The summed E-state index contributed by atoms with van der Waals surface area (Å²) in [4.78, 5) is 34.7. The Hall–Kier alpha value is -1.28. The van der Waals surface area contributed by atoms with Crippen molar-refractivity contribution in [1.29, 1.82) is 0 Å². The minimum absolute atomic E-state index is 0.182. The van der Waals surface area contributed by atoms with Crippen LogP contribution in [0.5, 0.6) is 0 Å². The highest BCUT2D eigenvalue weighted by Crippen LogP contribution is 2.01. The number of likely N-dealkylation sites (N-methyl/N-ethyl adjacent to an activating group) is 1. The number of carboxylic acids is 1. The lowest BCUT2D eigenvalue weighted by molar-refractivity contribution is -0.142. The fraction of sp³-hybridized carbons (Fsp3) is 0.700. The lowest BCUT2D eigenvalue weighted by Crippen LogP contribution is -2.47. The molecule has 0 aliphatic carbocycles. The van der Waals surface area contributed by atoms with Gasteiger partial charge in [0, 0.05) is 7.05 Å². The highest BCUT2D eigenvalue weighted by molar-refractivity contribution is 7.98. The lowest BCUT2D eigenvalue weighted by Gasteiger charge is -2.18. The fourth-order valence-corrected chi connectivity index (χ4v) is 1.66. The molecule has 104 valence electrons. The fourth-order valence-electron chi connectivity index (χ4n) is 1.19. The molecule has 2 amide bonds. The number of aliphatic carboxylic acids is 1. The Labute approximate surface area is 110 Å². The number of hydrogen-bond acceptors (Lipinski definition) is 5. The van der Waals surface area contributed by atoms with Gasteiger partial charge in [0.25, 0.3) is 0 Å². The molecular formula is C10H19N3O4S. The Morgan fingerprint density at radius 2 is 2.06 bits per heavy atom. The quantitative estimate of drug-likeness (QED) is 0.510. The minimum Gasteiger partial charge on any atom is -0.480 e. The molecule has 0 aromatic carbocycles. The van der Waals surface area contributed by atoms with Crippen LogP contribution in [0.3, 0.4) is 0 Å². The Bertz CT molecular complexity index is 311. The molecule has 0 fully saturated rings. The topological polar surface area (TPSA) is 113 Å². The van der Waals surface area contributed by atoms with Crippen molar-refractivity contribution in [2.24, 2.45) is 5.73 Å². The Kier molecular flexibility index (Phi) is 8.14. The number of nitrogens with one attached hydrogen (secondary N) is 1. The molecule has 0 aromatic rings. The van der Waals surface area contributed by atoms with Crippen molar-refractivity contribution >= 4 is 29.5 Å². The average Bonchev–Trinajstić information content (AvgIpc) is 2.32. The summed E-state index contributed by atoms with van der Waals surface area (Å²) in [5, 5.41) is 11.3. The van der Waals surface area contributed by atoms with Crippen LogP contribution in [0, 0.1) is 0 Å². The van der Waals surface area contributed by atoms with Gasteiger partial charge in [0.15, 0.2) is 0 Å². The molecule has 0 aliphatic heterocycles. The van der Waals surface area contributed by atoms with Crippen LogP contribution in [-0.2, 0) is 14.4 Å². The number of rotatable bonds is 8. The van der Waals surface area contributed by atoms with Crippen molar-refractivity contribution in [2.45, 2.75) is 12.5 Å². The highest BCUT2D eigenvalue weighted by Gasteiger charge is 2.20. The third kappa shape index (κ3) is 6.45. The van der Waals surface area contributed by atoms with Gasteiger partial charge in [-0.2, -0.15) is 11.8 Å². The summed E-state index contributed by atoms with van der Waals surface area (Å²) in [7, 11) is 1.44. The summed E-state index contributed by atoms with van der Waals surface area (Å²) in [5.74, 6) is -1.33. The molecule has 0 bridgehead atoms. The second-order valence-corrected chi connectivity index (χ2v) is 4.68. The number of nitrogens with two attached hydrogens (primary N) is 1. The van der Waals surface area contributed by atoms with E-state index in [0.717, 1.165) is 4.90 Å². The molecule has 7 nitrogen and oxygen atoms in total. The zero-order valence-corrected chi connectivity index (χ0v) is 11.3. The summed E-state index contributed by atoms with van der Waals surface area (Å²) in [6.45, 7) is -0.377. The van der Waals surface area contributed by atoms with Crippen molar-refractivity contribution in [3.05, 3.63) is 0 Å². The number of carbonyl (C=O) groups excluding carboxylic acids is 2. The molecule has 0 unspecified atom stereocenters. The molecule has 8 heteroatoms.